The maximum absolute atomic E-state index is 13.1. The molecule has 0 spiro atoms. The number of carbonyl (C=O) groups excluding carboxylic acids is 1. The Morgan fingerprint density at radius 2 is 0.654 bits per heavy atom. The van der Waals surface area contributed by atoms with E-state index in [1.165, 1.54) is 257 Å². The van der Waals surface area contributed by atoms with E-state index in [1.54, 1.807) is 0 Å². The zero-order chi connectivity index (χ0) is 58.6. The van der Waals surface area contributed by atoms with Crippen LogP contribution in [0.5, 0.6) is 0 Å². The second-order valence-electron chi connectivity index (χ2n) is 24.7. The quantitative estimate of drug-likeness (QED) is 0.0223. The van der Waals surface area contributed by atoms with Gasteiger partial charge in [-0.25, -0.2) is 0 Å². The number of hydrogen-bond donors (Lipinski definition) is 7. The van der Waals surface area contributed by atoms with Crippen LogP contribution in [0.25, 0.3) is 0 Å². The SMILES string of the molecule is CCCCCCCCCCCCCCCCCCCCCCCCCCCOCC(COC1OC(COC2OC(CO)C(O)C(O)C2O)C(O)C(O)C1O)OC(=O)CCCCCCCCCCCCCCCCCCCCCCCC. The molecule has 2 aliphatic heterocycles. The van der Waals surface area contributed by atoms with Gasteiger partial charge in [-0.1, -0.05) is 303 Å². The van der Waals surface area contributed by atoms with Crippen molar-refractivity contribution in [3.8, 4) is 0 Å². The molecule has 14 nitrogen and oxygen atoms in total. The lowest BCUT2D eigenvalue weighted by molar-refractivity contribution is -0.332. The van der Waals surface area contributed by atoms with Gasteiger partial charge in [0.05, 0.1) is 26.4 Å². The molecule has 482 valence electrons. The van der Waals surface area contributed by atoms with E-state index in [4.69, 9.17) is 28.4 Å². The Morgan fingerprint density at radius 1 is 0.358 bits per heavy atom. The van der Waals surface area contributed by atoms with Crippen molar-refractivity contribution in [3.05, 3.63) is 0 Å². The van der Waals surface area contributed by atoms with Crippen molar-refractivity contribution in [1.29, 1.82) is 0 Å². The average Bonchev–Trinajstić information content (AvgIpc) is 3.58. The number of esters is 1. The van der Waals surface area contributed by atoms with Gasteiger partial charge in [0.1, 0.15) is 54.9 Å². The highest BCUT2D eigenvalue weighted by Crippen LogP contribution is 2.27. The van der Waals surface area contributed by atoms with Crippen LogP contribution in [-0.4, -0.2) is 142 Å². The highest BCUT2D eigenvalue weighted by molar-refractivity contribution is 5.69. The van der Waals surface area contributed by atoms with Crippen molar-refractivity contribution in [1.82, 2.24) is 0 Å². The molecule has 81 heavy (non-hydrogen) atoms. The van der Waals surface area contributed by atoms with E-state index in [1.807, 2.05) is 0 Å². The topological polar surface area (TPSA) is 214 Å². The minimum atomic E-state index is -1.70. The van der Waals surface area contributed by atoms with Gasteiger partial charge in [0.25, 0.3) is 0 Å². The van der Waals surface area contributed by atoms with Gasteiger partial charge in [0.2, 0.25) is 0 Å². The summed E-state index contributed by atoms with van der Waals surface area (Å²) in [5, 5.41) is 72.6. The van der Waals surface area contributed by atoms with Crippen LogP contribution < -0.4 is 0 Å². The van der Waals surface area contributed by atoms with E-state index in [0.29, 0.717) is 6.61 Å². The summed E-state index contributed by atoms with van der Waals surface area (Å²) in [6.07, 6.45) is 46.1. The van der Waals surface area contributed by atoms with E-state index >= 15 is 0 Å². The molecule has 2 aliphatic rings. The molecule has 0 amide bonds. The van der Waals surface area contributed by atoms with Crippen LogP contribution in [-0.2, 0) is 33.2 Å². The number of hydrogen-bond acceptors (Lipinski definition) is 14. The standard InChI is InChI=1S/C67H130O14/c1-3-5-7-9-11-13-15-17-19-21-23-25-27-28-29-31-33-35-37-39-41-43-45-47-49-51-76-53-56(54-77-66-65(75)63(73)61(71)58(81-66)55-78-67-64(74)62(72)60(70)57(52-68)80-67)79-59(69)50-48-46-44-42-40-38-36-34-32-30-26-24-22-20-18-16-14-12-10-8-6-4-2/h56-58,60-68,70-75H,3-55H2,1-2H3. The number of ether oxygens (including phenoxy) is 6. The van der Waals surface area contributed by atoms with Gasteiger partial charge in [-0.2, -0.15) is 0 Å². The van der Waals surface area contributed by atoms with Crippen LogP contribution >= 0.6 is 0 Å². The first kappa shape index (κ1) is 76.1. The van der Waals surface area contributed by atoms with Gasteiger partial charge in [-0.3, -0.25) is 4.79 Å². The Kier molecular flexibility index (Phi) is 51.1. The Balaban J connectivity index is 1.63. The molecule has 11 atom stereocenters. The van der Waals surface area contributed by atoms with E-state index in [2.05, 4.69) is 13.8 Å². The second-order valence-corrected chi connectivity index (χ2v) is 24.7. The van der Waals surface area contributed by atoms with Gasteiger partial charge in [-0.05, 0) is 12.8 Å². The monoisotopic (exact) mass is 1160 g/mol. The molecule has 2 fully saturated rings. The molecular formula is C67H130O14. The summed E-state index contributed by atoms with van der Waals surface area (Å²) >= 11 is 0. The molecule has 14 heteroatoms. The Hall–Kier alpha value is -1.01. The maximum atomic E-state index is 13.1. The summed E-state index contributed by atoms with van der Waals surface area (Å²) in [5.74, 6) is -0.364. The minimum Gasteiger partial charge on any atom is -0.457 e. The molecule has 11 unspecified atom stereocenters. The fourth-order valence-electron chi connectivity index (χ4n) is 11.6. The number of carbonyl (C=O) groups is 1. The van der Waals surface area contributed by atoms with Crippen LogP contribution in [0.1, 0.15) is 322 Å². The van der Waals surface area contributed by atoms with E-state index < -0.39 is 80.7 Å². The fraction of sp³-hybridized carbons (Fsp3) is 0.985. The van der Waals surface area contributed by atoms with Gasteiger partial charge in [0, 0.05) is 13.0 Å². The summed E-state index contributed by atoms with van der Waals surface area (Å²) < 4.78 is 34.6. The number of aliphatic hydroxyl groups excluding tert-OH is 7. The lowest BCUT2D eigenvalue weighted by Gasteiger charge is -2.42. The van der Waals surface area contributed by atoms with Crippen molar-refractivity contribution in [3.63, 3.8) is 0 Å². The molecule has 2 heterocycles. The number of aliphatic hydroxyl groups is 7. The summed E-state index contributed by atoms with van der Waals surface area (Å²) in [6, 6.07) is 0. The molecular weight excluding hydrogens is 1030 g/mol. The molecule has 0 radical (unpaired) electrons. The van der Waals surface area contributed by atoms with E-state index in [9.17, 15) is 40.5 Å². The highest BCUT2D eigenvalue weighted by Gasteiger charge is 2.47. The molecule has 0 aromatic heterocycles. The Bertz CT molecular complexity index is 1340. The van der Waals surface area contributed by atoms with Crippen LogP contribution in [0.2, 0.25) is 0 Å². The molecule has 0 aliphatic carbocycles. The molecule has 0 aromatic carbocycles. The summed E-state index contributed by atoms with van der Waals surface area (Å²) in [4.78, 5) is 13.1. The first-order valence-corrected chi connectivity index (χ1v) is 34.6. The van der Waals surface area contributed by atoms with E-state index in [-0.39, 0.29) is 25.6 Å². The summed E-state index contributed by atoms with van der Waals surface area (Å²) in [5.41, 5.74) is 0. The molecule has 0 saturated carbocycles. The third-order valence-electron chi connectivity index (χ3n) is 17.1. The van der Waals surface area contributed by atoms with Gasteiger partial charge in [0.15, 0.2) is 12.6 Å². The van der Waals surface area contributed by atoms with Crippen molar-refractivity contribution >= 4 is 5.97 Å². The van der Waals surface area contributed by atoms with Crippen LogP contribution in [0.4, 0.5) is 0 Å². The first-order valence-electron chi connectivity index (χ1n) is 34.6. The van der Waals surface area contributed by atoms with Crippen molar-refractivity contribution < 1.29 is 69.0 Å². The average molecular weight is 1160 g/mol. The highest BCUT2D eigenvalue weighted by atomic mass is 16.7. The van der Waals surface area contributed by atoms with Gasteiger partial charge < -0.3 is 64.2 Å². The lowest BCUT2D eigenvalue weighted by Crippen LogP contribution is -2.61. The smallest absolute Gasteiger partial charge is 0.306 e. The van der Waals surface area contributed by atoms with Crippen LogP contribution in [0, 0.1) is 0 Å². The number of rotatable bonds is 59. The first-order chi connectivity index (χ1) is 39.6. The fourth-order valence-corrected chi connectivity index (χ4v) is 11.6. The lowest BCUT2D eigenvalue weighted by atomic mass is 9.98. The zero-order valence-corrected chi connectivity index (χ0v) is 52.3. The molecule has 2 saturated heterocycles. The summed E-state index contributed by atoms with van der Waals surface area (Å²) in [6.45, 7) is 3.80. The van der Waals surface area contributed by atoms with Crippen LogP contribution in [0.15, 0.2) is 0 Å². The minimum absolute atomic E-state index is 0.0716. The normalized spacial score (nSPS) is 23.6. The Morgan fingerprint density at radius 3 is 1.00 bits per heavy atom. The molecule has 0 bridgehead atoms. The van der Waals surface area contributed by atoms with Crippen LogP contribution in [0.3, 0.4) is 0 Å². The van der Waals surface area contributed by atoms with E-state index in [0.717, 1.165) is 44.9 Å². The molecule has 7 N–H and O–H groups in total. The predicted octanol–water partition coefficient (Wildman–Crippen LogP) is 14.3. The van der Waals surface area contributed by atoms with Crippen molar-refractivity contribution in [2.24, 2.45) is 0 Å². The second kappa shape index (κ2) is 54.4. The largest absolute Gasteiger partial charge is 0.457 e. The molecule has 2 rings (SSSR count). The predicted molar refractivity (Wildman–Crippen MR) is 326 cm³/mol. The number of unbranched alkanes of at least 4 members (excludes halogenated alkanes) is 45. The zero-order valence-electron chi connectivity index (χ0n) is 52.3. The van der Waals surface area contributed by atoms with Crippen molar-refractivity contribution in [2.45, 2.75) is 390 Å². The third-order valence-corrected chi connectivity index (χ3v) is 17.1. The maximum Gasteiger partial charge on any atom is 0.306 e. The summed E-state index contributed by atoms with van der Waals surface area (Å²) in [7, 11) is 0. The molecule has 0 aromatic rings. The third kappa shape index (κ3) is 40.1. The Labute approximate surface area is 495 Å². The van der Waals surface area contributed by atoms with Gasteiger partial charge in [-0.15, -0.1) is 0 Å². The van der Waals surface area contributed by atoms with Crippen molar-refractivity contribution in [2.75, 3.05) is 33.0 Å². The van der Waals surface area contributed by atoms with Gasteiger partial charge >= 0.3 is 5.97 Å².